The number of ketones is 1. The molecule has 7 heteroatoms. The quantitative estimate of drug-likeness (QED) is 0.281. The molecule has 2 aromatic rings. The molecule has 1 atom stereocenters. The van der Waals surface area contributed by atoms with Crippen molar-refractivity contribution in [3.63, 3.8) is 0 Å². The average Bonchev–Trinajstić information content (AvgIpc) is 2.96. The maximum Gasteiger partial charge on any atom is 0.349 e. The normalized spacial score (nSPS) is 12.3. The third-order valence-electron chi connectivity index (χ3n) is 4.55. The van der Waals surface area contributed by atoms with E-state index in [0.29, 0.717) is 23.7 Å². The van der Waals surface area contributed by atoms with Crippen molar-refractivity contribution >= 4 is 29.4 Å². The topological polar surface area (TPSA) is 81.3 Å². The number of benzene rings is 1. The van der Waals surface area contributed by atoms with Gasteiger partial charge >= 0.3 is 5.97 Å². The Kier molecular flexibility index (Phi) is 7.77. The van der Waals surface area contributed by atoms with Crippen molar-refractivity contribution < 1.29 is 19.1 Å². The van der Waals surface area contributed by atoms with Crippen LogP contribution in [-0.2, 0) is 20.8 Å². The molecular formula is C22H23ClN2O4. The highest BCUT2D eigenvalue weighted by Gasteiger charge is 2.22. The number of nitrogens with zero attached hydrogens (tertiary/aromatic N) is 2. The van der Waals surface area contributed by atoms with Crippen molar-refractivity contribution in [2.24, 2.45) is 0 Å². The Balaban J connectivity index is 2.17. The zero-order valence-corrected chi connectivity index (χ0v) is 17.6. The summed E-state index contributed by atoms with van der Waals surface area (Å²) < 4.78 is 12.4. The van der Waals surface area contributed by atoms with Crippen LogP contribution in [0.25, 0.3) is 6.08 Å². The molecule has 1 heterocycles. The summed E-state index contributed by atoms with van der Waals surface area (Å²) in [5.74, 6) is -1.21. The highest BCUT2D eigenvalue weighted by molar-refractivity contribution is 6.30. The Hall–Kier alpha value is -2.88. The van der Waals surface area contributed by atoms with Crippen LogP contribution >= 0.6 is 11.6 Å². The number of esters is 1. The summed E-state index contributed by atoms with van der Waals surface area (Å²) in [6.45, 7) is 6.54. The van der Waals surface area contributed by atoms with Gasteiger partial charge in [0.1, 0.15) is 11.6 Å². The number of ether oxygens (including phenoxy) is 2. The summed E-state index contributed by atoms with van der Waals surface area (Å²) in [6.07, 6.45) is 0.447. The van der Waals surface area contributed by atoms with Gasteiger partial charge in [-0.25, -0.2) is 4.79 Å². The van der Waals surface area contributed by atoms with Crippen molar-refractivity contribution in [2.75, 3.05) is 13.7 Å². The second-order valence-electron chi connectivity index (χ2n) is 6.56. The number of carbonyl (C=O) groups is 2. The third kappa shape index (κ3) is 5.57. The van der Waals surface area contributed by atoms with Crippen LogP contribution in [0.4, 0.5) is 0 Å². The minimum absolute atomic E-state index is 0.173. The van der Waals surface area contributed by atoms with Crippen molar-refractivity contribution in [1.29, 1.82) is 5.26 Å². The van der Waals surface area contributed by atoms with Crippen LogP contribution in [0.2, 0.25) is 5.02 Å². The number of aromatic nitrogens is 1. The number of halogens is 1. The Bertz CT molecular complexity index is 968. The summed E-state index contributed by atoms with van der Waals surface area (Å²) in [4.78, 5) is 24.9. The number of aryl methyl sites for hydroxylation is 1. The molecule has 0 spiro atoms. The number of rotatable bonds is 8. The fourth-order valence-corrected chi connectivity index (χ4v) is 3.05. The Labute approximate surface area is 175 Å². The maximum atomic E-state index is 12.4. The lowest BCUT2D eigenvalue weighted by atomic mass is 10.1. The molecular weight excluding hydrogens is 392 g/mol. The summed E-state index contributed by atoms with van der Waals surface area (Å²) in [6, 6.07) is 10.0. The second kappa shape index (κ2) is 10.1. The van der Waals surface area contributed by atoms with E-state index in [0.717, 1.165) is 17.0 Å². The lowest BCUT2D eigenvalue weighted by molar-refractivity contribution is -0.141. The number of hydrogen-bond acceptors (Lipinski definition) is 5. The summed E-state index contributed by atoms with van der Waals surface area (Å²) in [5.41, 5.74) is 2.84. The molecule has 0 saturated carbocycles. The largest absolute Gasteiger partial charge is 0.450 e. The number of nitriles is 1. The average molecular weight is 415 g/mol. The van der Waals surface area contributed by atoms with E-state index in [-0.39, 0.29) is 11.4 Å². The first-order valence-corrected chi connectivity index (χ1v) is 9.44. The van der Waals surface area contributed by atoms with Crippen LogP contribution in [0.15, 0.2) is 35.9 Å². The van der Waals surface area contributed by atoms with Gasteiger partial charge in [-0.05, 0) is 62.7 Å². The molecule has 0 bridgehead atoms. The number of methoxy groups -OCH3 is 1. The second-order valence-corrected chi connectivity index (χ2v) is 7.00. The Morgan fingerprint density at radius 1 is 1.28 bits per heavy atom. The molecule has 1 aromatic heterocycles. The van der Waals surface area contributed by atoms with Gasteiger partial charge in [-0.1, -0.05) is 11.6 Å². The molecule has 0 aliphatic rings. The molecule has 0 saturated heterocycles. The van der Waals surface area contributed by atoms with E-state index in [1.54, 1.807) is 31.4 Å². The molecule has 0 aliphatic carbocycles. The highest BCUT2D eigenvalue weighted by atomic mass is 35.5. The minimum Gasteiger partial charge on any atom is -0.450 e. The van der Waals surface area contributed by atoms with Gasteiger partial charge in [-0.15, -0.1) is 0 Å². The van der Waals surface area contributed by atoms with E-state index in [4.69, 9.17) is 21.1 Å². The third-order valence-corrected chi connectivity index (χ3v) is 4.81. The fraction of sp³-hybridized carbons (Fsp3) is 0.318. The monoisotopic (exact) mass is 414 g/mol. The minimum atomic E-state index is -1.03. The standard InChI is InChI=1S/C22H23ClN2O4/c1-14-11-18(15(2)25(14)9-10-28-4)12-19(13-24)22(27)29-16(3)21(26)17-5-7-20(23)8-6-17/h5-8,11-12,16H,9-10H2,1-4H3/b19-12+/t16-/m0/s1. The van der Waals surface area contributed by atoms with Gasteiger partial charge in [0.15, 0.2) is 6.10 Å². The van der Waals surface area contributed by atoms with Crippen molar-refractivity contribution in [3.05, 3.63) is 63.4 Å². The van der Waals surface area contributed by atoms with E-state index in [9.17, 15) is 14.9 Å². The molecule has 0 amide bonds. The first kappa shape index (κ1) is 22.4. The molecule has 6 nitrogen and oxygen atoms in total. The molecule has 2 rings (SSSR count). The highest BCUT2D eigenvalue weighted by Crippen LogP contribution is 2.19. The van der Waals surface area contributed by atoms with E-state index in [1.165, 1.54) is 13.0 Å². The van der Waals surface area contributed by atoms with Crippen LogP contribution in [0.1, 0.15) is 34.2 Å². The smallest absolute Gasteiger partial charge is 0.349 e. The number of carbonyl (C=O) groups excluding carboxylic acids is 2. The predicted molar refractivity (Wildman–Crippen MR) is 111 cm³/mol. The lowest BCUT2D eigenvalue weighted by Crippen LogP contribution is -2.25. The van der Waals surface area contributed by atoms with Gasteiger partial charge in [0.2, 0.25) is 5.78 Å². The van der Waals surface area contributed by atoms with Crippen molar-refractivity contribution in [2.45, 2.75) is 33.4 Å². The first-order valence-electron chi connectivity index (χ1n) is 9.06. The van der Waals surface area contributed by atoms with Gasteiger partial charge in [-0.2, -0.15) is 5.26 Å². The van der Waals surface area contributed by atoms with E-state index in [2.05, 4.69) is 0 Å². The van der Waals surface area contributed by atoms with Gasteiger partial charge in [-0.3, -0.25) is 4.79 Å². The lowest BCUT2D eigenvalue weighted by Gasteiger charge is -2.12. The predicted octanol–water partition coefficient (Wildman–Crippen LogP) is 4.13. The molecule has 152 valence electrons. The van der Waals surface area contributed by atoms with Crippen LogP contribution in [0.3, 0.4) is 0 Å². The van der Waals surface area contributed by atoms with Gasteiger partial charge in [0.05, 0.1) is 6.61 Å². The zero-order valence-electron chi connectivity index (χ0n) is 16.9. The summed E-state index contributed by atoms with van der Waals surface area (Å²) in [7, 11) is 1.63. The van der Waals surface area contributed by atoms with Crippen molar-refractivity contribution in [3.8, 4) is 6.07 Å². The van der Waals surface area contributed by atoms with Gasteiger partial charge in [0, 0.05) is 35.6 Å². The Morgan fingerprint density at radius 2 is 1.93 bits per heavy atom. The SMILES string of the molecule is COCCn1c(C)cc(/C=C(\C#N)C(=O)O[C@@H](C)C(=O)c2ccc(Cl)cc2)c1C. The van der Waals surface area contributed by atoms with Crippen LogP contribution < -0.4 is 0 Å². The number of hydrogen-bond donors (Lipinski definition) is 0. The van der Waals surface area contributed by atoms with E-state index >= 15 is 0 Å². The van der Waals surface area contributed by atoms with E-state index < -0.39 is 12.1 Å². The van der Waals surface area contributed by atoms with Gasteiger partial charge < -0.3 is 14.0 Å². The molecule has 0 radical (unpaired) electrons. The fourth-order valence-electron chi connectivity index (χ4n) is 2.92. The molecule has 0 fully saturated rings. The van der Waals surface area contributed by atoms with Crippen LogP contribution in [-0.4, -0.2) is 36.1 Å². The summed E-state index contributed by atoms with van der Waals surface area (Å²) in [5, 5.41) is 9.92. The molecule has 0 N–H and O–H groups in total. The molecule has 0 aliphatic heterocycles. The van der Waals surface area contributed by atoms with Gasteiger partial charge in [0.25, 0.3) is 0 Å². The first-order chi connectivity index (χ1) is 13.8. The number of Topliss-reactive ketones (excluding diaryl/α,β-unsaturated/α-hetero) is 1. The zero-order chi connectivity index (χ0) is 21.6. The Morgan fingerprint density at radius 3 is 2.52 bits per heavy atom. The maximum absolute atomic E-state index is 12.4. The molecule has 0 unspecified atom stereocenters. The van der Waals surface area contributed by atoms with Crippen molar-refractivity contribution in [1.82, 2.24) is 4.57 Å². The molecule has 1 aromatic carbocycles. The summed E-state index contributed by atoms with van der Waals surface area (Å²) >= 11 is 5.82. The molecule has 29 heavy (non-hydrogen) atoms. The van der Waals surface area contributed by atoms with E-state index in [1.807, 2.05) is 30.6 Å². The van der Waals surface area contributed by atoms with Crippen LogP contribution in [0.5, 0.6) is 0 Å². The van der Waals surface area contributed by atoms with Crippen LogP contribution in [0, 0.1) is 25.2 Å².